The number of aliphatic hydroxyl groups excluding tert-OH is 4. The van der Waals surface area contributed by atoms with Crippen molar-refractivity contribution in [2.24, 2.45) is 11.7 Å². The molecule has 1 unspecified atom stereocenters. The van der Waals surface area contributed by atoms with Crippen molar-refractivity contribution in [1.29, 1.82) is 0 Å². The maximum atomic E-state index is 12.5. The first-order chi connectivity index (χ1) is 14.1. The molecule has 1 aromatic carbocycles. The van der Waals surface area contributed by atoms with Crippen molar-refractivity contribution in [1.82, 2.24) is 5.32 Å². The van der Waals surface area contributed by atoms with E-state index in [1.807, 2.05) is 30.3 Å². The minimum Gasteiger partial charge on any atom is -0.461 e. The number of esters is 1. The predicted octanol–water partition coefficient (Wildman–Crippen LogP) is -1.96. The fourth-order valence-corrected chi connectivity index (χ4v) is 3.04. The van der Waals surface area contributed by atoms with Crippen LogP contribution in [0.2, 0.25) is 0 Å². The van der Waals surface area contributed by atoms with Crippen LogP contribution in [-0.4, -0.2) is 81.7 Å². The van der Waals surface area contributed by atoms with Crippen molar-refractivity contribution < 1.29 is 39.5 Å². The van der Waals surface area contributed by atoms with Crippen molar-refractivity contribution >= 4 is 11.9 Å². The van der Waals surface area contributed by atoms with Crippen LogP contribution in [0.3, 0.4) is 0 Å². The zero-order valence-electron chi connectivity index (χ0n) is 16.9. The number of ether oxygens (including phenoxy) is 2. The molecule has 10 nitrogen and oxygen atoms in total. The van der Waals surface area contributed by atoms with E-state index in [-0.39, 0.29) is 5.92 Å². The fourth-order valence-electron chi connectivity index (χ4n) is 3.04. The van der Waals surface area contributed by atoms with Crippen LogP contribution >= 0.6 is 0 Å². The molecule has 10 heteroatoms. The van der Waals surface area contributed by atoms with Crippen LogP contribution in [0.5, 0.6) is 0 Å². The summed E-state index contributed by atoms with van der Waals surface area (Å²) in [4.78, 5) is 24.9. The van der Waals surface area contributed by atoms with Crippen molar-refractivity contribution in [2.45, 2.75) is 63.1 Å². The molecule has 2 rings (SSSR count). The molecule has 1 aliphatic rings. The Hall–Kier alpha value is -2.08. The van der Waals surface area contributed by atoms with E-state index in [4.69, 9.17) is 15.2 Å². The summed E-state index contributed by atoms with van der Waals surface area (Å²) in [6, 6.07) is 7.35. The van der Waals surface area contributed by atoms with Crippen LogP contribution in [0.25, 0.3) is 0 Å². The van der Waals surface area contributed by atoms with Gasteiger partial charge in [-0.2, -0.15) is 0 Å². The van der Waals surface area contributed by atoms with Gasteiger partial charge in [-0.15, -0.1) is 0 Å². The average molecular weight is 426 g/mol. The van der Waals surface area contributed by atoms with E-state index in [9.17, 15) is 30.0 Å². The zero-order chi connectivity index (χ0) is 22.4. The molecule has 1 aliphatic heterocycles. The number of rotatable bonds is 8. The Morgan fingerprint density at radius 3 is 2.33 bits per heavy atom. The highest BCUT2D eigenvalue weighted by molar-refractivity contribution is 5.87. The number of hydrogen-bond acceptors (Lipinski definition) is 9. The number of hydrogen-bond donors (Lipinski definition) is 6. The molecule has 1 heterocycles. The second kappa shape index (κ2) is 10.8. The van der Waals surface area contributed by atoms with Gasteiger partial charge in [-0.25, -0.2) is 4.79 Å². The lowest BCUT2D eigenvalue weighted by atomic mass is 9.99. The van der Waals surface area contributed by atoms with Gasteiger partial charge < -0.3 is 41.0 Å². The molecule has 0 saturated carbocycles. The molecule has 30 heavy (non-hydrogen) atoms. The van der Waals surface area contributed by atoms with E-state index in [1.165, 1.54) is 0 Å². The smallest absolute Gasteiger partial charge is 0.328 e. The molecule has 0 bridgehead atoms. The highest BCUT2D eigenvalue weighted by atomic mass is 16.6. The summed E-state index contributed by atoms with van der Waals surface area (Å²) >= 11 is 0. The molecule has 0 aromatic heterocycles. The van der Waals surface area contributed by atoms with E-state index < -0.39 is 61.3 Å². The second-order valence-corrected chi connectivity index (χ2v) is 7.69. The molecular weight excluding hydrogens is 396 g/mol. The van der Waals surface area contributed by atoms with Gasteiger partial charge in [0.25, 0.3) is 0 Å². The van der Waals surface area contributed by atoms with Gasteiger partial charge in [-0.05, 0) is 17.9 Å². The average Bonchev–Trinajstić information content (AvgIpc) is 2.72. The van der Waals surface area contributed by atoms with Crippen molar-refractivity contribution in [3.05, 3.63) is 35.9 Å². The first-order valence-corrected chi connectivity index (χ1v) is 9.76. The third-order valence-corrected chi connectivity index (χ3v) is 4.93. The Labute approximate surface area is 174 Å². The lowest BCUT2D eigenvalue weighted by Gasteiger charge is -2.38. The van der Waals surface area contributed by atoms with Gasteiger partial charge in [-0.1, -0.05) is 44.2 Å². The van der Waals surface area contributed by atoms with Crippen LogP contribution in [0.1, 0.15) is 19.4 Å². The van der Waals surface area contributed by atoms with Crippen LogP contribution in [0.4, 0.5) is 0 Å². The van der Waals surface area contributed by atoms with Crippen molar-refractivity contribution in [3.8, 4) is 0 Å². The highest BCUT2D eigenvalue weighted by Crippen LogP contribution is 2.20. The van der Waals surface area contributed by atoms with E-state index in [0.717, 1.165) is 5.56 Å². The third kappa shape index (κ3) is 6.21. The van der Waals surface area contributed by atoms with Crippen LogP contribution < -0.4 is 11.1 Å². The molecule has 1 fully saturated rings. The van der Waals surface area contributed by atoms with Crippen molar-refractivity contribution in [3.63, 3.8) is 0 Å². The zero-order valence-corrected chi connectivity index (χ0v) is 16.9. The summed E-state index contributed by atoms with van der Waals surface area (Å²) in [5.41, 5.74) is 6.84. The van der Waals surface area contributed by atoms with Gasteiger partial charge in [0.05, 0.1) is 6.04 Å². The minimum atomic E-state index is -1.73. The van der Waals surface area contributed by atoms with Crippen molar-refractivity contribution in [2.75, 3.05) is 6.61 Å². The van der Waals surface area contributed by atoms with Gasteiger partial charge in [0.2, 0.25) is 5.91 Å². The molecule has 0 spiro atoms. The topological polar surface area (TPSA) is 172 Å². The predicted molar refractivity (Wildman–Crippen MR) is 105 cm³/mol. The summed E-state index contributed by atoms with van der Waals surface area (Å²) in [6.45, 7) is 2.94. The Kier molecular flexibility index (Phi) is 8.71. The number of carbonyl (C=O) groups excluding carboxylic acids is 2. The monoisotopic (exact) mass is 426 g/mol. The first kappa shape index (κ1) is 24.2. The molecule has 1 amide bonds. The van der Waals surface area contributed by atoms with Crippen LogP contribution in [0, 0.1) is 5.92 Å². The van der Waals surface area contributed by atoms with Gasteiger partial charge in [0.1, 0.15) is 37.1 Å². The Balaban J connectivity index is 1.92. The maximum Gasteiger partial charge on any atom is 0.328 e. The minimum absolute atomic E-state index is 0.298. The largest absolute Gasteiger partial charge is 0.461 e. The standard InChI is InChI=1S/C20H30N2O8/c1-10(2)14(22-18(26)12(21)8-11-6-4-3-5-7-11)19(27)29-9-13-15(23)16(24)17(25)20(28)30-13/h3-7,10,12-17,20,23-25,28H,8-9,21H2,1-2H3,(H,22,26)/t12-,13+,14-,15+,16-,17+,20?/m0/s1. The molecule has 1 aromatic rings. The number of amides is 1. The van der Waals surface area contributed by atoms with Gasteiger partial charge in [0, 0.05) is 0 Å². The lowest BCUT2D eigenvalue weighted by Crippen LogP contribution is -2.59. The molecule has 168 valence electrons. The molecule has 1 saturated heterocycles. The Morgan fingerprint density at radius 2 is 1.73 bits per heavy atom. The van der Waals surface area contributed by atoms with Gasteiger partial charge in [-0.3, -0.25) is 4.79 Å². The quantitative estimate of drug-likeness (QED) is 0.258. The molecular formula is C20H30N2O8. The first-order valence-electron chi connectivity index (χ1n) is 9.76. The number of carbonyl (C=O) groups is 2. The van der Waals surface area contributed by atoms with Gasteiger partial charge >= 0.3 is 5.97 Å². The third-order valence-electron chi connectivity index (χ3n) is 4.93. The number of aliphatic hydroxyl groups is 4. The number of benzene rings is 1. The maximum absolute atomic E-state index is 12.5. The summed E-state index contributed by atoms with van der Waals surface area (Å²) in [5.74, 6) is -1.62. The second-order valence-electron chi connectivity index (χ2n) is 7.69. The normalized spacial score (nSPS) is 28.6. The SMILES string of the molecule is CC(C)[C@H](NC(=O)[C@@H](N)Cc1ccccc1)C(=O)OC[C@H]1OC(O)[C@H](O)[C@@H](O)[C@@H]1O. The fraction of sp³-hybridized carbons (Fsp3) is 0.600. The Morgan fingerprint density at radius 1 is 1.10 bits per heavy atom. The van der Waals surface area contributed by atoms with E-state index >= 15 is 0 Å². The molecule has 7 atom stereocenters. The molecule has 0 aliphatic carbocycles. The van der Waals surface area contributed by atoms with E-state index in [0.29, 0.717) is 6.42 Å². The summed E-state index contributed by atoms with van der Waals surface area (Å²) in [6.07, 6.45) is -7.58. The molecule has 7 N–H and O–H groups in total. The van der Waals surface area contributed by atoms with E-state index in [1.54, 1.807) is 13.8 Å². The summed E-state index contributed by atoms with van der Waals surface area (Å²) in [5, 5.41) is 41.2. The van der Waals surface area contributed by atoms with Gasteiger partial charge in [0.15, 0.2) is 6.29 Å². The van der Waals surface area contributed by atoms with Crippen LogP contribution in [0.15, 0.2) is 30.3 Å². The summed E-state index contributed by atoms with van der Waals surface area (Å²) < 4.78 is 10.1. The lowest BCUT2D eigenvalue weighted by molar-refractivity contribution is -0.287. The van der Waals surface area contributed by atoms with Crippen LogP contribution in [-0.2, 0) is 25.5 Å². The highest BCUT2D eigenvalue weighted by Gasteiger charge is 2.43. The number of nitrogens with two attached hydrogens (primary N) is 1. The number of nitrogens with one attached hydrogen (secondary N) is 1. The Bertz CT molecular complexity index is 701. The summed E-state index contributed by atoms with van der Waals surface area (Å²) in [7, 11) is 0. The molecule has 0 radical (unpaired) electrons. The van der Waals surface area contributed by atoms with E-state index in [2.05, 4.69) is 5.32 Å².